The van der Waals surface area contributed by atoms with Gasteiger partial charge in [0.15, 0.2) is 0 Å². The Morgan fingerprint density at radius 3 is 2.32 bits per heavy atom. The number of hydrogen-bond acceptors (Lipinski definition) is 6. The largest absolute Gasteiger partial charge is 0.446 e. The first-order valence-corrected chi connectivity index (χ1v) is 14.1. The van der Waals surface area contributed by atoms with Crippen molar-refractivity contribution in [1.29, 1.82) is 5.26 Å². The van der Waals surface area contributed by atoms with Gasteiger partial charge in [-0.3, -0.25) is 4.79 Å². The van der Waals surface area contributed by atoms with Crippen LogP contribution in [0.5, 0.6) is 0 Å². The minimum atomic E-state index is -4.61. The first kappa shape index (κ1) is 30.8. The van der Waals surface area contributed by atoms with Crippen molar-refractivity contribution in [2.45, 2.75) is 60.8 Å². The fourth-order valence-electron chi connectivity index (χ4n) is 5.14. The summed E-state index contributed by atoms with van der Waals surface area (Å²) in [5, 5.41) is 12.1. The summed E-state index contributed by atoms with van der Waals surface area (Å²) in [6.45, 7) is 2.21. The molecule has 2 fully saturated rings. The number of rotatable bonds is 7. The molecule has 0 radical (unpaired) electrons. The molecule has 1 amide bonds. The molecular weight excluding hydrogens is 570 g/mol. The molecule has 1 N–H and O–H groups in total. The van der Waals surface area contributed by atoms with Gasteiger partial charge in [0, 0.05) is 48.5 Å². The maximum atomic E-state index is 13.2. The number of alkyl halides is 6. The van der Waals surface area contributed by atoms with E-state index in [0.29, 0.717) is 64.0 Å². The van der Waals surface area contributed by atoms with Crippen LogP contribution in [-0.2, 0) is 15.7 Å². The van der Waals surface area contributed by atoms with E-state index in [0.717, 1.165) is 11.8 Å². The number of nitriles is 1. The van der Waals surface area contributed by atoms with E-state index in [-0.39, 0.29) is 41.3 Å². The van der Waals surface area contributed by atoms with Crippen LogP contribution in [0.4, 0.5) is 37.7 Å². The topological polar surface area (TPSA) is 68.6 Å². The van der Waals surface area contributed by atoms with Gasteiger partial charge >= 0.3 is 11.7 Å². The molecule has 2 aromatic rings. The van der Waals surface area contributed by atoms with Gasteiger partial charge in [0.2, 0.25) is 5.91 Å². The predicted octanol–water partition coefficient (Wildman–Crippen LogP) is 6.67. The lowest BCUT2D eigenvalue weighted by atomic mass is 9.92. The fraction of sp³-hybridized carbons (Fsp3) is 0.500. The number of amides is 1. The van der Waals surface area contributed by atoms with E-state index in [1.54, 1.807) is 23.1 Å². The SMILES string of the molecule is N#Cc1ccc(N[C@H]2CC[C@H](OCC(=O)N3CCCN(c4ccc(SC(F)(F)F)cc4)CC3)CC2)cc1C(F)(F)F. The van der Waals surface area contributed by atoms with Gasteiger partial charge in [0.05, 0.1) is 23.3 Å². The number of nitrogens with one attached hydrogen (secondary N) is 1. The van der Waals surface area contributed by atoms with E-state index in [1.807, 2.05) is 0 Å². The van der Waals surface area contributed by atoms with E-state index in [4.69, 9.17) is 10.00 Å². The van der Waals surface area contributed by atoms with E-state index in [9.17, 15) is 31.1 Å². The van der Waals surface area contributed by atoms with Crippen LogP contribution in [0.2, 0.25) is 0 Å². The maximum absolute atomic E-state index is 13.2. The van der Waals surface area contributed by atoms with Crippen molar-refractivity contribution in [2.75, 3.05) is 43.0 Å². The number of anilines is 2. The van der Waals surface area contributed by atoms with Gasteiger partial charge < -0.3 is 19.9 Å². The number of ether oxygens (including phenoxy) is 1. The smallest absolute Gasteiger partial charge is 0.382 e. The van der Waals surface area contributed by atoms with Gasteiger partial charge in [0.25, 0.3) is 0 Å². The Morgan fingerprint density at radius 1 is 0.976 bits per heavy atom. The Hall–Kier alpha value is -3.11. The molecule has 0 bridgehead atoms. The predicted molar refractivity (Wildman–Crippen MR) is 144 cm³/mol. The highest BCUT2D eigenvalue weighted by Gasteiger charge is 2.34. The molecule has 0 unspecified atom stereocenters. The maximum Gasteiger partial charge on any atom is 0.446 e. The molecule has 1 heterocycles. The van der Waals surface area contributed by atoms with Gasteiger partial charge in [-0.2, -0.15) is 31.6 Å². The van der Waals surface area contributed by atoms with Crippen LogP contribution in [0.15, 0.2) is 47.4 Å². The highest BCUT2D eigenvalue weighted by molar-refractivity contribution is 8.00. The molecule has 1 aliphatic heterocycles. The van der Waals surface area contributed by atoms with Crippen molar-refractivity contribution in [2.24, 2.45) is 0 Å². The van der Waals surface area contributed by atoms with Crippen LogP contribution >= 0.6 is 11.8 Å². The Balaban J connectivity index is 1.20. The van der Waals surface area contributed by atoms with Crippen molar-refractivity contribution < 1.29 is 35.9 Å². The summed E-state index contributed by atoms with van der Waals surface area (Å²) < 4.78 is 83.4. The third kappa shape index (κ3) is 8.94. The Kier molecular flexibility index (Phi) is 9.96. The van der Waals surface area contributed by atoms with Crippen molar-refractivity contribution in [1.82, 2.24) is 4.90 Å². The molecule has 1 saturated heterocycles. The molecule has 0 spiro atoms. The molecule has 0 atom stereocenters. The highest BCUT2D eigenvalue weighted by atomic mass is 32.2. The molecule has 1 aliphatic carbocycles. The van der Waals surface area contributed by atoms with E-state index in [1.165, 1.54) is 24.3 Å². The van der Waals surface area contributed by atoms with Crippen LogP contribution in [0, 0.1) is 11.3 Å². The fourth-order valence-corrected chi connectivity index (χ4v) is 5.68. The summed E-state index contributed by atoms with van der Waals surface area (Å²) in [4.78, 5) is 16.7. The van der Waals surface area contributed by atoms with Gasteiger partial charge in [-0.1, -0.05) is 0 Å². The first-order valence-electron chi connectivity index (χ1n) is 13.3. The molecule has 13 heteroatoms. The normalized spacial score (nSPS) is 20.3. The summed E-state index contributed by atoms with van der Waals surface area (Å²) in [6, 6.07) is 11.4. The molecular formula is C28H30F6N4O2S. The number of nitrogens with zero attached hydrogens (tertiary/aromatic N) is 3. The average Bonchev–Trinajstić information content (AvgIpc) is 3.18. The number of halogens is 6. The first-order chi connectivity index (χ1) is 19.4. The van der Waals surface area contributed by atoms with Gasteiger partial charge in [0.1, 0.15) is 6.61 Å². The number of benzene rings is 2. The third-order valence-corrected chi connectivity index (χ3v) is 7.96. The monoisotopic (exact) mass is 600 g/mol. The molecule has 2 aliphatic rings. The van der Waals surface area contributed by atoms with E-state index in [2.05, 4.69) is 10.2 Å². The minimum absolute atomic E-state index is 0.0442. The van der Waals surface area contributed by atoms with Crippen LogP contribution in [-0.4, -0.2) is 61.2 Å². The lowest BCUT2D eigenvalue weighted by Crippen LogP contribution is -2.39. The van der Waals surface area contributed by atoms with Gasteiger partial charge in [-0.25, -0.2) is 0 Å². The lowest BCUT2D eigenvalue weighted by Gasteiger charge is -2.30. The quantitative estimate of drug-likeness (QED) is 0.283. The molecule has 1 saturated carbocycles. The van der Waals surface area contributed by atoms with E-state index < -0.39 is 22.8 Å². The minimum Gasteiger partial charge on any atom is -0.382 e. The van der Waals surface area contributed by atoms with Crippen LogP contribution in [0.1, 0.15) is 43.2 Å². The number of carbonyl (C=O) groups is 1. The second kappa shape index (κ2) is 13.2. The zero-order chi connectivity index (χ0) is 29.6. The van der Waals surface area contributed by atoms with Gasteiger partial charge in [-0.05, 0) is 86.3 Å². The van der Waals surface area contributed by atoms with Gasteiger partial charge in [-0.15, -0.1) is 0 Å². The summed E-state index contributed by atoms with van der Waals surface area (Å²) in [6.07, 6.45) is -1.38. The van der Waals surface area contributed by atoms with Crippen LogP contribution in [0.25, 0.3) is 0 Å². The number of thioether (sulfide) groups is 1. The molecule has 0 aromatic heterocycles. The molecule has 41 heavy (non-hydrogen) atoms. The molecule has 6 nitrogen and oxygen atoms in total. The Labute approximate surface area is 238 Å². The molecule has 222 valence electrons. The Bertz CT molecular complexity index is 1220. The van der Waals surface area contributed by atoms with Crippen LogP contribution < -0.4 is 10.2 Å². The zero-order valence-corrected chi connectivity index (χ0v) is 22.9. The number of hydrogen-bond donors (Lipinski definition) is 1. The summed E-state index contributed by atoms with van der Waals surface area (Å²) in [5.74, 6) is -0.124. The lowest BCUT2D eigenvalue weighted by molar-refractivity contribution is -0.139. The summed E-state index contributed by atoms with van der Waals surface area (Å²) >= 11 is -0.152. The second-order valence-electron chi connectivity index (χ2n) is 10.1. The third-order valence-electron chi connectivity index (χ3n) is 7.22. The van der Waals surface area contributed by atoms with E-state index >= 15 is 0 Å². The van der Waals surface area contributed by atoms with Crippen molar-refractivity contribution in [3.8, 4) is 6.07 Å². The molecule has 2 aromatic carbocycles. The van der Waals surface area contributed by atoms with Crippen LogP contribution in [0.3, 0.4) is 0 Å². The number of carbonyl (C=O) groups excluding carboxylic acids is 1. The zero-order valence-electron chi connectivity index (χ0n) is 22.1. The summed E-state index contributed by atoms with van der Waals surface area (Å²) in [7, 11) is 0. The average molecular weight is 601 g/mol. The Morgan fingerprint density at radius 2 is 1.68 bits per heavy atom. The summed E-state index contributed by atoms with van der Waals surface area (Å²) in [5.41, 5.74) is -4.60. The standard InChI is InChI=1S/C28H30F6N4O2S/c29-27(30,31)25-16-21(3-2-19(25)17-35)36-20-4-8-23(9-5-20)40-18-26(39)38-13-1-12-37(14-15-38)22-6-10-24(11-7-22)41-28(32,33)34/h2-3,6-7,10-11,16,20,23,36H,1,4-5,8-9,12-15,18H2/t20-,23-. The van der Waals surface area contributed by atoms with Crippen molar-refractivity contribution >= 4 is 29.0 Å². The second-order valence-corrected chi connectivity index (χ2v) is 11.2. The molecule has 4 rings (SSSR count). The van der Waals surface area contributed by atoms with Crippen molar-refractivity contribution in [3.05, 3.63) is 53.6 Å². The highest BCUT2D eigenvalue weighted by Crippen LogP contribution is 2.37. The van der Waals surface area contributed by atoms with Crippen molar-refractivity contribution in [3.63, 3.8) is 0 Å².